The minimum atomic E-state index is -4.19. The average Bonchev–Trinajstić information content (AvgIpc) is 0.724. The van der Waals surface area contributed by atoms with Gasteiger partial charge in [0.25, 0.3) is 0 Å². The zero-order chi connectivity index (χ0) is 68.1. The van der Waals surface area contributed by atoms with Crippen molar-refractivity contribution in [3.8, 4) is 0 Å². The van der Waals surface area contributed by atoms with Crippen LogP contribution in [0.25, 0.3) is 0 Å². The lowest BCUT2D eigenvalue weighted by Gasteiger charge is -2.53. The number of rotatable bonds is 14. The summed E-state index contributed by atoms with van der Waals surface area (Å²) >= 11 is 0. The van der Waals surface area contributed by atoms with Gasteiger partial charge in [-0.15, -0.1) is 0 Å². The van der Waals surface area contributed by atoms with Crippen LogP contribution < -0.4 is 5.32 Å². The molecule has 500 valence electrons. The maximum Gasteiger partial charge on any atom is 0.318 e. The van der Waals surface area contributed by atoms with Crippen molar-refractivity contribution in [2.75, 3.05) is 6.54 Å². The molecule has 3 aliphatic carbocycles. The Labute approximate surface area is 559 Å². The Morgan fingerprint density at radius 3 is 1.40 bits per heavy atom. The molecule has 6 atom stereocenters. The number of carboxylic acids is 1. The number of sulfonamides is 2. The van der Waals surface area contributed by atoms with Crippen LogP contribution in [0.15, 0.2) is 155 Å². The molecule has 8 N–H and O–H groups in total. The largest absolute Gasteiger partial charge is 0.480 e. The molecule has 0 spiro atoms. The summed E-state index contributed by atoms with van der Waals surface area (Å²) in [5.41, 5.74) is 20.3. The Morgan fingerprint density at radius 1 is 0.474 bits per heavy atom. The molecule has 8 aromatic carbocycles. The van der Waals surface area contributed by atoms with Gasteiger partial charge in [0.1, 0.15) is 6.54 Å². The van der Waals surface area contributed by atoms with Crippen LogP contribution in [0, 0.1) is 34.6 Å². The fourth-order valence-electron chi connectivity index (χ4n) is 16.0. The molecular weight excluding hydrogens is 1240 g/mol. The summed E-state index contributed by atoms with van der Waals surface area (Å²) in [5.74, 6) is -1.62. The van der Waals surface area contributed by atoms with E-state index < -0.39 is 49.6 Å². The maximum atomic E-state index is 14.1. The van der Waals surface area contributed by atoms with E-state index in [1.807, 2.05) is 100 Å². The van der Waals surface area contributed by atoms with Gasteiger partial charge in [0.2, 0.25) is 20.0 Å². The van der Waals surface area contributed by atoms with Gasteiger partial charge in [-0.05, 0) is 213 Å². The molecule has 0 bridgehead atoms. The predicted octanol–water partition coefficient (Wildman–Crippen LogP) is 11.1. The van der Waals surface area contributed by atoms with Crippen molar-refractivity contribution in [3.05, 3.63) is 268 Å². The van der Waals surface area contributed by atoms with Crippen LogP contribution in [-0.2, 0) is 96.8 Å². The lowest BCUT2D eigenvalue weighted by molar-refractivity contribution is -0.138. The number of fused-ring (bicyclic) bond motifs is 11. The van der Waals surface area contributed by atoms with E-state index in [0.717, 1.165) is 102 Å². The molecule has 95 heavy (non-hydrogen) atoms. The fourth-order valence-corrected chi connectivity index (χ4v) is 19.5. The highest BCUT2D eigenvalue weighted by molar-refractivity contribution is 7.89. The van der Waals surface area contributed by atoms with Crippen LogP contribution in [0.1, 0.15) is 180 Å². The molecule has 0 fully saturated rings. The number of nitrogens with one attached hydrogen (secondary N) is 1. The molecule has 0 unspecified atom stereocenters. The normalized spacial score (nSPS) is 21.8. The quantitative estimate of drug-likeness (QED) is 0.0506. The minimum Gasteiger partial charge on any atom is -0.480 e. The molecule has 0 amide bonds. The number of carboxylic acid groups (broad SMARTS) is 1. The van der Waals surface area contributed by atoms with Crippen molar-refractivity contribution in [3.63, 3.8) is 0 Å². The summed E-state index contributed by atoms with van der Waals surface area (Å²) in [7, 11) is -7.94. The Balaban J connectivity index is 0.000000148. The smallest absolute Gasteiger partial charge is 0.318 e. The van der Waals surface area contributed by atoms with E-state index in [-0.39, 0.29) is 56.0 Å². The SMILES string of the molecule is Cc1ccc(S(=O)(=O)N(CC(=O)O)[C@]2(C)CCc3cc(CO)c(CO)cc3[C@H]2c2cccc(C)c2)cc1.Cc1ccc(S(=O)(=O)N2Cc3ccc(C)cc3[C@@H]3c4cc(CO)c(CO)cc4CC[C@]32C)cc1.Cc1ccc2c(c1)[C@@H]1c3cc(CO)c(CO)cc3CC[C@@]1(C)NC2. The summed E-state index contributed by atoms with van der Waals surface area (Å²) in [5, 5.41) is 72.6. The van der Waals surface area contributed by atoms with Crippen molar-refractivity contribution in [1.82, 2.24) is 13.9 Å². The van der Waals surface area contributed by atoms with E-state index in [1.54, 1.807) is 28.6 Å². The van der Waals surface area contributed by atoms with Crippen LogP contribution in [0.2, 0.25) is 0 Å². The topological polar surface area (TPSA) is 245 Å². The lowest BCUT2D eigenvalue weighted by atomic mass is 9.64. The summed E-state index contributed by atoms with van der Waals surface area (Å²) < 4.78 is 59.0. The molecule has 0 saturated heterocycles. The van der Waals surface area contributed by atoms with Crippen molar-refractivity contribution in [1.29, 1.82) is 0 Å². The Bertz CT molecular complexity index is 4460. The highest BCUT2D eigenvalue weighted by Crippen LogP contribution is 2.55. The average molecular weight is 1320 g/mol. The van der Waals surface area contributed by atoms with Crippen LogP contribution in [-0.4, -0.2) is 90.3 Å². The number of aryl methyl sites for hydroxylation is 8. The highest BCUT2D eigenvalue weighted by atomic mass is 32.2. The molecule has 2 heterocycles. The first kappa shape index (κ1) is 69.1. The van der Waals surface area contributed by atoms with Crippen LogP contribution >= 0.6 is 0 Å². The van der Waals surface area contributed by atoms with E-state index in [9.17, 15) is 57.4 Å². The second-order valence-corrected chi connectivity index (χ2v) is 31.3. The summed E-state index contributed by atoms with van der Waals surface area (Å²) in [6, 6.07) is 46.2. The van der Waals surface area contributed by atoms with Gasteiger partial charge in [-0.1, -0.05) is 149 Å². The molecule has 2 aliphatic heterocycles. The molecule has 17 heteroatoms. The number of nitrogens with zero attached hydrogens (tertiary/aromatic N) is 2. The van der Waals surface area contributed by atoms with Crippen LogP contribution in [0.3, 0.4) is 0 Å². The van der Waals surface area contributed by atoms with Crippen LogP contribution in [0.4, 0.5) is 0 Å². The van der Waals surface area contributed by atoms with Gasteiger partial charge in [-0.25, -0.2) is 16.8 Å². The number of benzene rings is 8. The van der Waals surface area contributed by atoms with Gasteiger partial charge in [-0.2, -0.15) is 8.61 Å². The molecule has 15 nitrogen and oxygen atoms in total. The van der Waals surface area contributed by atoms with Crippen LogP contribution in [0.5, 0.6) is 0 Å². The standard InChI is InChI=1S/C29H33NO6S.C28H31NO4S.C21H25NO2/c1-19-7-9-25(10-8-19)37(35,36)30(16-27(33)34)29(3)12-11-21-14-23(17-31)24(18-32)15-26(21)28(29)22-6-4-5-20(2)13-22;1-18-5-8-24(9-6-18)34(32,33)29-15-21-7-4-19(2)12-25(21)27-26-14-23(17-31)22(16-30)13-20(26)10-11-28(27,29)3;1-13-3-4-15-10-22-21(2)6-5-14-8-16(11-23)17(12-24)9-19(14)20(21)18(15)7-13/h4-10,13-15,28,31-32H,11-12,16-18H2,1-3H3,(H,33,34);4-9,12-14,27,30-31H,10-11,15-17H2,1-3H3;3-4,7-9,20,22-24H,5-6,10-12H2,1-2H3/t28-,29-;27-,28-;20-,21-/m111/s1. The number of aliphatic carboxylic acids is 1. The zero-order valence-corrected chi connectivity index (χ0v) is 57.2. The Hall–Kier alpha value is -7.23. The Morgan fingerprint density at radius 2 is 0.895 bits per heavy atom. The van der Waals surface area contributed by atoms with Gasteiger partial charge in [0.05, 0.1) is 49.4 Å². The van der Waals surface area contributed by atoms with Crippen molar-refractivity contribution >= 4 is 26.0 Å². The molecular formula is C78H89N3O12S2. The van der Waals surface area contributed by atoms with E-state index in [0.29, 0.717) is 59.7 Å². The zero-order valence-electron chi connectivity index (χ0n) is 55.6. The minimum absolute atomic E-state index is 0.0148. The maximum absolute atomic E-state index is 14.1. The monoisotopic (exact) mass is 1320 g/mol. The highest BCUT2D eigenvalue weighted by Gasteiger charge is 2.54. The molecule has 0 aromatic heterocycles. The van der Waals surface area contributed by atoms with Crippen molar-refractivity contribution in [2.24, 2.45) is 0 Å². The van der Waals surface area contributed by atoms with Gasteiger partial charge in [0, 0.05) is 47.5 Å². The van der Waals surface area contributed by atoms with E-state index in [1.165, 1.54) is 39.9 Å². The van der Waals surface area contributed by atoms with E-state index in [2.05, 4.69) is 69.4 Å². The molecule has 0 saturated carbocycles. The third kappa shape index (κ3) is 13.0. The Kier molecular flexibility index (Phi) is 19.9. The van der Waals surface area contributed by atoms with Crippen molar-refractivity contribution < 1.29 is 57.4 Å². The third-order valence-corrected chi connectivity index (χ3v) is 25.2. The van der Waals surface area contributed by atoms with Gasteiger partial charge in [0.15, 0.2) is 0 Å². The number of carbonyl (C=O) groups is 1. The number of aliphatic hydroxyl groups excluding tert-OH is 6. The second kappa shape index (κ2) is 27.4. The van der Waals surface area contributed by atoms with E-state index >= 15 is 0 Å². The first-order chi connectivity index (χ1) is 45.2. The third-order valence-electron chi connectivity index (χ3n) is 21.2. The van der Waals surface area contributed by atoms with Gasteiger partial charge in [-0.3, -0.25) is 4.79 Å². The molecule has 8 aromatic rings. The van der Waals surface area contributed by atoms with E-state index in [4.69, 9.17) is 0 Å². The van der Waals surface area contributed by atoms with Gasteiger partial charge >= 0.3 is 5.97 Å². The first-order valence-electron chi connectivity index (χ1n) is 32.8. The molecule has 13 rings (SSSR count). The first-order valence-corrected chi connectivity index (χ1v) is 35.6. The second-order valence-electron chi connectivity index (χ2n) is 27.6. The number of aliphatic hydroxyl groups is 6. The summed E-state index contributed by atoms with van der Waals surface area (Å²) in [6.07, 6.45) is 4.35. The predicted molar refractivity (Wildman–Crippen MR) is 368 cm³/mol. The lowest BCUT2D eigenvalue weighted by Crippen LogP contribution is -2.57. The summed E-state index contributed by atoms with van der Waals surface area (Å²) in [4.78, 5) is 12.4. The molecule has 5 aliphatic rings. The van der Waals surface area contributed by atoms with Crippen molar-refractivity contribution in [2.45, 2.75) is 191 Å². The fraction of sp³-hybridized carbons (Fsp3) is 0.372. The van der Waals surface area contributed by atoms with Gasteiger partial charge < -0.3 is 41.1 Å². The molecule has 0 radical (unpaired) electrons. The number of hydrogen-bond acceptors (Lipinski definition) is 12. The summed E-state index contributed by atoms with van der Waals surface area (Å²) in [6.45, 7) is 15.9. The number of hydrogen-bond donors (Lipinski definition) is 8.